The molecule has 0 spiro atoms. The summed E-state index contributed by atoms with van der Waals surface area (Å²) in [5.41, 5.74) is 0.889. The first kappa shape index (κ1) is 7.50. The molecule has 0 saturated carbocycles. The van der Waals surface area contributed by atoms with E-state index in [1.165, 1.54) is 12.1 Å². The van der Waals surface area contributed by atoms with E-state index in [-0.39, 0.29) is 18.0 Å². The second kappa shape index (κ2) is 2.72. The van der Waals surface area contributed by atoms with Gasteiger partial charge >= 0.3 is 0 Å². The average molecular weight is 164 g/mol. The summed E-state index contributed by atoms with van der Waals surface area (Å²) in [7, 11) is 0. The molecule has 2 unspecified atom stereocenters. The number of hydrogen-bond acceptors (Lipinski definition) is 1. The number of halogens is 1. The molecule has 1 aromatic rings. The van der Waals surface area contributed by atoms with Crippen LogP contribution in [-0.2, 0) is 4.74 Å². The van der Waals surface area contributed by atoms with Gasteiger partial charge in [-0.2, -0.15) is 0 Å². The Morgan fingerprint density at radius 2 is 2.33 bits per heavy atom. The highest BCUT2D eigenvalue weighted by Crippen LogP contribution is 2.39. The smallest absolute Gasteiger partial charge is 0.123 e. The minimum atomic E-state index is -0.217. The van der Waals surface area contributed by atoms with E-state index in [4.69, 9.17) is 4.74 Å². The molecule has 1 saturated heterocycles. The lowest BCUT2D eigenvalue weighted by atomic mass is 10.1. The molecule has 1 aliphatic rings. The lowest BCUT2D eigenvalue weighted by Crippen LogP contribution is -1.85. The Morgan fingerprint density at radius 3 is 2.92 bits per heavy atom. The van der Waals surface area contributed by atoms with Crippen LogP contribution in [-0.4, -0.2) is 6.10 Å². The van der Waals surface area contributed by atoms with Gasteiger partial charge in [0.15, 0.2) is 0 Å². The highest BCUT2D eigenvalue weighted by Gasteiger charge is 2.37. The predicted octanol–water partition coefficient (Wildman–Crippen LogP) is 2.45. The SMILES string of the molecule is C=CC1OC1c1cccc(F)c1. The van der Waals surface area contributed by atoms with Gasteiger partial charge in [-0.1, -0.05) is 18.2 Å². The van der Waals surface area contributed by atoms with Crippen molar-refractivity contribution in [3.63, 3.8) is 0 Å². The van der Waals surface area contributed by atoms with Gasteiger partial charge in [0.05, 0.1) is 0 Å². The van der Waals surface area contributed by atoms with E-state index in [1.807, 2.05) is 6.07 Å². The monoisotopic (exact) mass is 164 g/mol. The Labute approximate surface area is 70.5 Å². The summed E-state index contributed by atoms with van der Waals surface area (Å²) in [6, 6.07) is 6.46. The van der Waals surface area contributed by atoms with E-state index >= 15 is 0 Å². The summed E-state index contributed by atoms with van der Waals surface area (Å²) in [5.74, 6) is -0.217. The zero-order valence-electron chi connectivity index (χ0n) is 6.53. The molecule has 62 valence electrons. The van der Waals surface area contributed by atoms with Crippen LogP contribution in [0.15, 0.2) is 36.9 Å². The molecule has 1 aliphatic heterocycles. The van der Waals surface area contributed by atoms with Gasteiger partial charge < -0.3 is 4.74 Å². The van der Waals surface area contributed by atoms with Crippen LogP contribution in [0, 0.1) is 5.82 Å². The zero-order chi connectivity index (χ0) is 8.55. The maximum absolute atomic E-state index is 12.7. The first-order valence-corrected chi connectivity index (χ1v) is 3.85. The van der Waals surface area contributed by atoms with Gasteiger partial charge in [-0.3, -0.25) is 0 Å². The third kappa shape index (κ3) is 1.25. The Kier molecular flexibility index (Phi) is 1.70. The highest BCUT2D eigenvalue weighted by molar-refractivity contribution is 5.25. The maximum atomic E-state index is 12.7. The molecule has 0 bridgehead atoms. The third-order valence-corrected chi connectivity index (χ3v) is 1.94. The van der Waals surface area contributed by atoms with Gasteiger partial charge in [0, 0.05) is 0 Å². The summed E-state index contributed by atoms with van der Waals surface area (Å²) in [5, 5.41) is 0. The van der Waals surface area contributed by atoms with Crippen LogP contribution in [0.2, 0.25) is 0 Å². The summed E-state index contributed by atoms with van der Waals surface area (Å²) < 4.78 is 17.9. The Balaban J connectivity index is 2.19. The number of rotatable bonds is 2. The van der Waals surface area contributed by atoms with E-state index in [0.29, 0.717) is 0 Å². The van der Waals surface area contributed by atoms with Gasteiger partial charge in [-0.15, -0.1) is 6.58 Å². The molecular formula is C10H9FO. The molecule has 12 heavy (non-hydrogen) atoms. The molecule has 1 nitrogen and oxygen atoms in total. The second-order valence-electron chi connectivity index (χ2n) is 2.81. The van der Waals surface area contributed by atoms with Crippen molar-refractivity contribution in [2.45, 2.75) is 12.2 Å². The Hall–Kier alpha value is -1.15. The molecule has 0 radical (unpaired) electrons. The minimum absolute atomic E-state index is 0.0261. The minimum Gasteiger partial charge on any atom is -0.360 e. The van der Waals surface area contributed by atoms with Crippen LogP contribution >= 0.6 is 0 Å². The van der Waals surface area contributed by atoms with Crippen molar-refractivity contribution in [1.82, 2.24) is 0 Å². The molecule has 0 aliphatic carbocycles. The summed E-state index contributed by atoms with van der Waals surface area (Å²) in [6.07, 6.45) is 1.83. The van der Waals surface area contributed by atoms with Crippen molar-refractivity contribution >= 4 is 0 Å². The van der Waals surface area contributed by atoms with Crippen molar-refractivity contribution in [2.75, 3.05) is 0 Å². The first-order chi connectivity index (χ1) is 5.81. The zero-order valence-corrected chi connectivity index (χ0v) is 6.53. The summed E-state index contributed by atoms with van der Waals surface area (Å²) >= 11 is 0. The van der Waals surface area contributed by atoms with Gasteiger partial charge in [0.2, 0.25) is 0 Å². The molecular weight excluding hydrogens is 155 g/mol. The van der Waals surface area contributed by atoms with Crippen molar-refractivity contribution in [1.29, 1.82) is 0 Å². The molecule has 0 amide bonds. The highest BCUT2D eigenvalue weighted by atomic mass is 19.1. The molecule has 0 aromatic heterocycles. The number of ether oxygens (including phenoxy) is 1. The average Bonchev–Trinajstić information content (AvgIpc) is 2.83. The molecule has 1 fully saturated rings. The topological polar surface area (TPSA) is 12.5 Å². The lowest BCUT2D eigenvalue weighted by Gasteiger charge is -1.93. The van der Waals surface area contributed by atoms with Gasteiger partial charge in [-0.25, -0.2) is 4.39 Å². The van der Waals surface area contributed by atoms with Gasteiger partial charge in [-0.05, 0) is 17.7 Å². The van der Waals surface area contributed by atoms with Crippen LogP contribution < -0.4 is 0 Å². The molecule has 1 aromatic carbocycles. The quantitative estimate of drug-likeness (QED) is 0.483. The van der Waals surface area contributed by atoms with Crippen molar-refractivity contribution < 1.29 is 9.13 Å². The lowest BCUT2D eigenvalue weighted by molar-refractivity contribution is 0.393. The largest absolute Gasteiger partial charge is 0.360 e. The Bertz CT molecular complexity index is 308. The predicted molar refractivity (Wildman–Crippen MR) is 44.2 cm³/mol. The fourth-order valence-corrected chi connectivity index (χ4v) is 1.25. The van der Waals surface area contributed by atoms with E-state index < -0.39 is 0 Å². The standard InChI is InChI=1S/C10H9FO/c1-2-9-10(12-9)7-4-3-5-8(11)6-7/h2-6,9-10H,1H2. The van der Waals surface area contributed by atoms with E-state index in [9.17, 15) is 4.39 Å². The summed E-state index contributed by atoms with van der Waals surface area (Å²) in [4.78, 5) is 0. The molecule has 1 heterocycles. The normalized spacial score (nSPS) is 26.8. The Morgan fingerprint density at radius 1 is 1.50 bits per heavy atom. The van der Waals surface area contributed by atoms with Crippen LogP contribution in [0.25, 0.3) is 0 Å². The molecule has 2 atom stereocenters. The number of benzene rings is 1. The molecule has 2 heteroatoms. The van der Waals surface area contributed by atoms with Crippen molar-refractivity contribution in [3.8, 4) is 0 Å². The fraction of sp³-hybridized carbons (Fsp3) is 0.200. The second-order valence-corrected chi connectivity index (χ2v) is 2.81. The van der Waals surface area contributed by atoms with Crippen molar-refractivity contribution in [3.05, 3.63) is 48.3 Å². The number of epoxide rings is 1. The van der Waals surface area contributed by atoms with Gasteiger partial charge in [0.25, 0.3) is 0 Å². The molecule has 2 rings (SSSR count). The van der Waals surface area contributed by atoms with E-state index in [0.717, 1.165) is 5.56 Å². The van der Waals surface area contributed by atoms with E-state index in [1.54, 1.807) is 12.1 Å². The van der Waals surface area contributed by atoms with Crippen LogP contribution in [0.4, 0.5) is 4.39 Å². The van der Waals surface area contributed by atoms with Gasteiger partial charge in [0.1, 0.15) is 18.0 Å². The summed E-state index contributed by atoms with van der Waals surface area (Å²) in [6.45, 7) is 3.60. The van der Waals surface area contributed by atoms with Crippen LogP contribution in [0.1, 0.15) is 11.7 Å². The van der Waals surface area contributed by atoms with Crippen LogP contribution in [0.3, 0.4) is 0 Å². The van der Waals surface area contributed by atoms with Crippen LogP contribution in [0.5, 0.6) is 0 Å². The first-order valence-electron chi connectivity index (χ1n) is 3.85. The van der Waals surface area contributed by atoms with E-state index in [2.05, 4.69) is 6.58 Å². The molecule has 0 N–H and O–H groups in total. The maximum Gasteiger partial charge on any atom is 0.123 e. The third-order valence-electron chi connectivity index (χ3n) is 1.94. The van der Waals surface area contributed by atoms with Crippen molar-refractivity contribution in [2.24, 2.45) is 0 Å². The number of hydrogen-bond donors (Lipinski definition) is 0. The fourth-order valence-electron chi connectivity index (χ4n) is 1.25.